The predicted octanol–water partition coefficient (Wildman–Crippen LogP) is 1.66. The van der Waals surface area contributed by atoms with Crippen molar-refractivity contribution >= 4 is 0 Å². The van der Waals surface area contributed by atoms with Crippen LogP contribution < -0.4 is 0 Å². The highest BCUT2D eigenvalue weighted by Gasteiger charge is 2.21. The SMILES string of the molecule is CCN(CC)O[N+](C)(CC)CC. The summed E-state index contributed by atoms with van der Waals surface area (Å²) in [6, 6.07) is 0. The van der Waals surface area contributed by atoms with Crippen LogP contribution in [0.3, 0.4) is 0 Å². The summed E-state index contributed by atoms with van der Waals surface area (Å²) in [5, 5.41) is 1.99. The second kappa shape index (κ2) is 5.51. The topological polar surface area (TPSA) is 12.5 Å². The van der Waals surface area contributed by atoms with Crippen LogP contribution in [0.25, 0.3) is 0 Å². The minimum absolute atomic E-state index is 0.668. The first-order chi connectivity index (χ1) is 5.61. The number of hydrogen-bond donors (Lipinski definition) is 0. The molecule has 0 N–H and O–H groups in total. The lowest BCUT2D eigenvalue weighted by Gasteiger charge is -2.32. The summed E-state index contributed by atoms with van der Waals surface area (Å²) in [7, 11) is 2.11. The first-order valence-corrected chi connectivity index (χ1v) is 4.91. The van der Waals surface area contributed by atoms with E-state index in [1.54, 1.807) is 0 Å². The zero-order chi connectivity index (χ0) is 9.61. The molecule has 74 valence electrons. The van der Waals surface area contributed by atoms with Crippen molar-refractivity contribution in [3.05, 3.63) is 0 Å². The first kappa shape index (κ1) is 11.9. The molecule has 0 fully saturated rings. The fraction of sp³-hybridized carbons (Fsp3) is 1.00. The number of nitrogens with zero attached hydrogens (tertiary/aromatic N) is 2. The second-order valence-corrected chi connectivity index (χ2v) is 3.13. The van der Waals surface area contributed by atoms with E-state index in [9.17, 15) is 0 Å². The van der Waals surface area contributed by atoms with Gasteiger partial charge in [0.1, 0.15) is 20.1 Å². The Balaban J connectivity index is 3.99. The molecule has 0 heterocycles. The number of quaternary nitrogens is 1. The Hall–Kier alpha value is -0.120. The van der Waals surface area contributed by atoms with E-state index < -0.39 is 0 Å². The van der Waals surface area contributed by atoms with Crippen molar-refractivity contribution in [2.45, 2.75) is 27.7 Å². The Morgan fingerprint density at radius 2 is 1.42 bits per heavy atom. The van der Waals surface area contributed by atoms with Gasteiger partial charge in [-0.25, -0.2) is 0 Å². The van der Waals surface area contributed by atoms with E-state index in [2.05, 4.69) is 34.7 Å². The molecule has 0 aromatic carbocycles. The highest BCUT2D eigenvalue weighted by atomic mass is 16.9. The lowest BCUT2D eigenvalue weighted by molar-refractivity contribution is -1.11. The summed E-state index contributed by atoms with van der Waals surface area (Å²) in [6.07, 6.45) is 0. The maximum atomic E-state index is 5.81. The fourth-order valence-corrected chi connectivity index (χ4v) is 0.957. The van der Waals surface area contributed by atoms with Crippen LogP contribution >= 0.6 is 0 Å². The molecule has 0 saturated heterocycles. The first-order valence-electron chi connectivity index (χ1n) is 4.91. The van der Waals surface area contributed by atoms with Crippen molar-refractivity contribution in [2.75, 3.05) is 33.2 Å². The largest absolute Gasteiger partial charge is 0.162 e. The van der Waals surface area contributed by atoms with E-state index in [1.807, 2.05) is 5.06 Å². The minimum atomic E-state index is 0.668. The maximum Gasteiger partial charge on any atom is 0.108 e. The third-order valence-corrected chi connectivity index (χ3v) is 2.36. The normalized spacial score (nSPS) is 12.5. The van der Waals surface area contributed by atoms with Crippen molar-refractivity contribution in [1.29, 1.82) is 0 Å². The van der Waals surface area contributed by atoms with Gasteiger partial charge in [0.05, 0.1) is 0 Å². The van der Waals surface area contributed by atoms with Crippen LogP contribution in [0.5, 0.6) is 0 Å². The van der Waals surface area contributed by atoms with Crippen molar-refractivity contribution in [2.24, 2.45) is 0 Å². The summed E-state index contributed by atoms with van der Waals surface area (Å²) in [5.41, 5.74) is 0. The molecule has 0 aliphatic heterocycles. The van der Waals surface area contributed by atoms with Gasteiger partial charge in [0.15, 0.2) is 0 Å². The third kappa shape index (κ3) is 3.52. The molecule has 0 rings (SSSR count). The molecular formula is C9H23N2O+. The molecule has 12 heavy (non-hydrogen) atoms. The van der Waals surface area contributed by atoms with Gasteiger partial charge >= 0.3 is 0 Å². The molecule has 0 spiro atoms. The van der Waals surface area contributed by atoms with Crippen molar-refractivity contribution in [1.82, 2.24) is 5.06 Å². The summed E-state index contributed by atoms with van der Waals surface area (Å²) in [6.45, 7) is 12.4. The lowest BCUT2D eigenvalue weighted by atomic mass is 10.5. The molecule has 0 atom stereocenters. The van der Waals surface area contributed by atoms with Crippen molar-refractivity contribution in [3.63, 3.8) is 0 Å². The molecule has 3 nitrogen and oxygen atoms in total. The third-order valence-electron chi connectivity index (χ3n) is 2.36. The van der Waals surface area contributed by atoms with Crippen LogP contribution in [0.4, 0.5) is 0 Å². The number of hydroxylamine groups is 5. The maximum absolute atomic E-state index is 5.81. The summed E-state index contributed by atoms with van der Waals surface area (Å²) >= 11 is 0. The van der Waals surface area contributed by atoms with E-state index >= 15 is 0 Å². The standard InChI is InChI=1S/C9H23N2O/c1-6-10(7-2)12-11(5,8-3)9-4/h6-9H2,1-5H3/q+1. The minimum Gasteiger partial charge on any atom is -0.162 e. The van der Waals surface area contributed by atoms with Gasteiger partial charge in [-0.2, -0.15) is 4.65 Å². The predicted molar refractivity (Wildman–Crippen MR) is 51.3 cm³/mol. The Labute approximate surface area is 76.4 Å². The Bertz CT molecular complexity index is 109. The van der Waals surface area contributed by atoms with Gasteiger partial charge in [0.25, 0.3) is 0 Å². The lowest BCUT2D eigenvalue weighted by Crippen LogP contribution is -2.48. The van der Waals surface area contributed by atoms with Crippen LogP contribution in [0.1, 0.15) is 27.7 Å². The van der Waals surface area contributed by atoms with Gasteiger partial charge < -0.3 is 0 Å². The van der Waals surface area contributed by atoms with Crippen LogP contribution in [-0.4, -0.2) is 42.9 Å². The zero-order valence-corrected chi connectivity index (χ0v) is 9.13. The van der Waals surface area contributed by atoms with E-state index in [1.165, 1.54) is 0 Å². The second-order valence-electron chi connectivity index (χ2n) is 3.13. The van der Waals surface area contributed by atoms with Crippen LogP contribution in [0.15, 0.2) is 0 Å². The van der Waals surface area contributed by atoms with Gasteiger partial charge in [-0.15, -0.1) is 10.0 Å². The Kier molecular flexibility index (Phi) is 5.46. The average Bonchev–Trinajstić information content (AvgIpc) is 2.14. The zero-order valence-electron chi connectivity index (χ0n) is 9.13. The Morgan fingerprint density at radius 3 is 1.67 bits per heavy atom. The number of hydrogen-bond acceptors (Lipinski definition) is 2. The van der Waals surface area contributed by atoms with Gasteiger partial charge in [-0.05, 0) is 27.7 Å². The number of rotatable bonds is 6. The molecule has 0 radical (unpaired) electrons. The molecule has 0 saturated carbocycles. The van der Waals surface area contributed by atoms with Gasteiger partial charge in [0, 0.05) is 13.1 Å². The molecule has 3 heteroatoms. The molecule has 0 aromatic rings. The molecule has 0 amide bonds. The van der Waals surface area contributed by atoms with Crippen LogP contribution in [0, 0.1) is 0 Å². The molecule has 0 unspecified atom stereocenters. The van der Waals surface area contributed by atoms with E-state index in [4.69, 9.17) is 4.94 Å². The highest BCUT2D eigenvalue weighted by molar-refractivity contribution is 4.30. The summed E-state index contributed by atoms with van der Waals surface area (Å²) in [5.74, 6) is 0. The van der Waals surface area contributed by atoms with Gasteiger partial charge in [0.2, 0.25) is 0 Å². The Morgan fingerprint density at radius 1 is 1.00 bits per heavy atom. The quantitative estimate of drug-likeness (QED) is 0.450. The highest BCUT2D eigenvalue weighted by Crippen LogP contribution is 2.05. The van der Waals surface area contributed by atoms with E-state index in [0.717, 1.165) is 26.2 Å². The van der Waals surface area contributed by atoms with Crippen LogP contribution in [0.2, 0.25) is 0 Å². The van der Waals surface area contributed by atoms with E-state index in [-0.39, 0.29) is 0 Å². The summed E-state index contributed by atoms with van der Waals surface area (Å²) < 4.78 is 0.668. The molecule has 0 aliphatic carbocycles. The molecule has 0 aliphatic rings. The van der Waals surface area contributed by atoms with E-state index in [0.29, 0.717) is 4.65 Å². The fourth-order valence-electron chi connectivity index (χ4n) is 0.957. The average molecular weight is 175 g/mol. The van der Waals surface area contributed by atoms with Crippen molar-refractivity contribution in [3.8, 4) is 0 Å². The van der Waals surface area contributed by atoms with Gasteiger partial charge in [-0.1, -0.05) is 0 Å². The summed E-state index contributed by atoms with van der Waals surface area (Å²) in [4.78, 5) is 5.81. The molecule has 0 aromatic heterocycles. The smallest absolute Gasteiger partial charge is 0.108 e. The van der Waals surface area contributed by atoms with Crippen LogP contribution in [-0.2, 0) is 4.94 Å². The monoisotopic (exact) mass is 175 g/mol. The molecule has 0 bridgehead atoms. The molecular weight excluding hydrogens is 152 g/mol. The van der Waals surface area contributed by atoms with Gasteiger partial charge in [-0.3, -0.25) is 0 Å². The van der Waals surface area contributed by atoms with Crippen molar-refractivity contribution < 1.29 is 9.58 Å².